The lowest BCUT2D eigenvalue weighted by Gasteiger charge is -2.34. The maximum Gasteiger partial charge on any atom is 0.270 e. The Balaban J connectivity index is 1.24. The fourth-order valence-corrected chi connectivity index (χ4v) is 7.72. The van der Waals surface area contributed by atoms with Crippen LogP contribution in [0.3, 0.4) is 0 Å². The van der Waals surface area contributed by atoms with Crippen molar-refractivity contribution >= 4 is 27.4 Å². The van der Waals surface area contributed by atoms with E-state index >= 15 is 0 Å². The number of benzene rings is 2. The van der Waals surface area contributed by atoms with Gasteiger partial charge in [-0.1, -0.05) is 11.2 Å². The third kappa shape index (κ3) is 4.30. The number of carbonyl (C=O) groups is 1. The number of anilines is 2. The lowest BCUT2D eigenvalue weighted by Crippen LogP contribution is -2.47. The Kier molecular flexibility index (Phi) is 6.39. The number of fused-ring (bicyclic) bond motifs is 4. The van der Waals surface area contributed by atoms with E-state index in [9.17, 15) is 13.2 Å². The molecular formula is C30H34N4O7S. The summed E-state index contributed by atoms with van der Waals surface area (Å²) >= 11 is 0. The quantitative estimate of drug-likeness (QED) is 0.435. The molecule has 3 heterocycles. The summed E-state index contributed by atoms with van der Waals surface area (Å²) in [6.45, 7) is 5.27. The second-order valence-electron chi connectivity index (χ2n) is 11.6. The van der Waals surface area contributed by atoms with Crippen LogP contribution in [0.4, 0.5) is 11.5 Å². The van der Waals surface area contributed by atoms with Gasteiger partial charge in [0, 0.05) is 47.4 Å². The molecule has 0 unspecified atom stereocenters. The smallest absolute Gasteiger partial charge is 0.270 e. The number of morpholine rings is 1. The van der Waals surface area contributed by atoms with E-state index in [4.69, 9.17) is 18.7 Å². The average Bonchev–Trinajstić information content (AvgIpc) is 3.63. The molecule has 1 spiro atoms. The summed E-state index contributed by atoms with van der Waals surface area (Å²) in [5, 5.41) is 4.20. The Hall–Kier alpha value is -3.77. The molecule has 2 saturated heterocycles. The van der Waals surface area contributed by atoms with Crippen LogP contribution >= 0.6 is 0 Å². The monoisotopic (exact) mass is 594 g/mol. The van der Waals surface area contributed by atoms with Crippen molar-refractivity contribution < 1.29 is 31.9 Å². The second-order valence-corrected chi connectivity index (χ2v) is 13.2. The summed E-state index contributed by atoms with van der Waals surface area (Å²) in [6.07, 6.45) is 3.87. The number of rotatable bonds is 7. The highest BCUT2D eigenvalue weighted by Crippen LogP contribution is 2.59. The molecule has 3 aromatic rings. The Bertz CT molecular complexity index is 1650. The molecule has 1 aromatic heterocycles. The predicted molar refractivity (Wildman–Crippen MR) is 155 cm³/mol. The average molecular weight is 595 g/mol. The van der Waals surface area contributed by atoms with Crippen LogP contribution in [0.1, 0.15) is 47.7 Å². The van der Waals surface area contributed by atoms with Gasteiger partial charge in [0.2, 0.25) is 0 Å². The molecule has 2 aliphatic carbocycles. The summed E-state index contributed by atoms with van der Waals surface area (Å²) in [4.78, 5) is 17.2. The van der Waals surface area contributed by atoms with E-state index in [2.05, 4.69) is 33.0 Å². The first kappa shape index (κ1) is 27.1. The molecule has 1 atom stereocenters. The molecule has 0 radical (unpaired) electrons. The number of carbonyl (C=O) groups excluding carboxylic acids is 1. The molecule has 1 N–H and O–H groups in total. The minimum atomic E-state index is -4.27. The molecule has 1 saturated carbocycles. The molecular weight excluding hydrogens is 560 g/mol. The molecule has 2 aromatic carbocycles. The number of sulfonamides is 1. The van der Waals surface area contributed by atoms with Gasteiger partial charge in [-0.05, 0) is 62.4 Å². The number of nitrogens with zero attached hydrogens (tertiary/aromatic N) is 3. The van der Waals surface area contributed by atoms with E-state index in [1.54, 1.807) is 4.90 Å². The molecule has 2 aliphatic heterocycles. The summed E-state index contributed by atoms with van der Waals surface area (Å²) in [5.41, 5.74) is 4.33. The zero-order valence-electron chi connectivity index (χ0n) is 23.9. The topological polar surface area (TPSA) is 123 Å². The second kappa shape index (κ2) is 9.91. The highest BCUT2D eigenvalue weighted by molar-refractivity contribution is 7.93. The summed E-state index contributed by atoms with van der Waals surface area (Å²) in [6, 6.07) is 9.28. The normalized spacial score (nSPS) is 20.4. The van der Waals surface area contributed by atoms with Crippen LogP contribution in [0.5, 0.6) is 11.5 Å². The maximum absolute atomic E-state index is 13.9. The van der Waals surface area contributed by atoms with Crippen LogP contribution < -0.4 is 19.1 Å². The van der Waals surface area contributed by atoms with E-state index in [1.807, 2.05) is 6.92 Å². The number of hydrogen-bond acceptors (Lipinski definition) is 9. The van der Waals surface area contributed by atoms with Crippen molar-refractivity contribution in [2.24, 2.45) is 0 Å². The Morgan fingerprint density at radius 1 is 1.10 bits per heavy atom. The zero-order valence-corrected chi connectivity index (χ0v) is 24.8. The van der Waals surface area contributed by atoms with E-state index in [0.29, 0.717) is 31.9 Å². The standard InChI is InChI=1S/C30H34N4O7S/c1-18-17-40-12-11-34(18)29(35)19-13-24(38-2)27(25(14-19)39-3)42(36,37)32-28-22-16-30(7-8-30)23-6-5-20(33-9-4-10-33)15-21(23)26(22)41-31-28/h5-6,13-15,18H,4,7-12,16-17H2,1-3H3,(H,31,32)/t18-/m0/s1. The van der Waals surface area contributed by atoms with E-state index in [1.165, 1.54) is 38.3 Å². The van der Waals surface area contributed by atoms with Gasteiger partial charge in [0.25, 0.3) is 15.9 Å². The van der Waals surface area contributed by atoms with E-state index < -0.39 is 10.0 Å². The van der Waals surface area contributed by atoms with Crippen LogP contribution in [-0.4, -0.2) is 77.5 Å². The van der Waals surface area contributed by atoms with Crippen molar-refractivity contribution in [3.63, 3.8) is 0 Å². The highest BCUT2D eigenvalue weighted by Gasteiger charge is 2.51. The first-order valence-electron chi connectivity index (χ1n) is 14.3. The van der Waals surface area contributed by atoms with Crippen molar-refractivity contribution in [1.29, 1.82) is 0 Å². The minimum Gasteiger partial charge on any atom is -0.495 e. The van der Waals surface area contributed by atoms with E-state index in [-0.39, 0.29) is 45.1 Å². The number of aromatic nitrogens is 1. The Morgan fingerprint density at radius 3 is 2.45 bits per heavy atom. The third-order valence-corrected chi connectivity index (χ3v) is 10.4. The molecule has 0 bridgehead atoms. The summed E-state index contributed by atoms with van der Waals surface area (Å²) in [7, 11) is -1.54. The first-order chi connectivity index (χ1) is 20.2. The molecule has 11 nitrogen and oxygen atoms in total. The number of hydrogen-bond donors (Lipinski definition) is 1. The number of amides is 1. The SMILES string of the molecule is COc1cc(C(=O)N2CCOC[C@@H]2C)cc(OC)c1S(=O)(=O)Nc1noc2c1CC1(CC1)c1ccc(N3CCC3)cc1-2. The van der Waals surface area contributed by atoms with Crippen LogP contribution in [0.2, 0.25) is 0 Å². The van der Waals surface area contributed by atoms with Gasteiger partial charge >= 0.3 is 0 Å². The number of ether oxygens (including phenoxy) is 3. The first-order valence-corrected chi connectivity index (χ1v) is 15.8. The van der Waals surface area contributed by atoms with Gasteiger partial charge in [-0.3, -0.25) is 9.52 Å². The van der Waals surface area contributed by atoms with E-state index in [0.717, 1.165) is 42.7 Å². The number of methoxy groups -OCH3 is 2. The molecule has 4 aliphatic rings. The lowest BCUT2D eigenvalue weighted by atomic mass is 9.79. The molecule has 3 fully saturated rings. The molecule has 222 valence electrons. The van der Waals surface area contributed by atoms with Gasteiger partial charge in [-0.25, -0.2) is 8.42 Å². The van der Waals surface area contributed by atoms with Gasteiger partial charge in [-0.2, -0.15) is 0 Å². The molecule has 12 heteroatoms. The fraction of sp³-hybridized carbons (Fsp3) is 0.467. The van der Waals surface area contributed by atoms with Gasteiger partial charge in [0.05, 0.1) is 33.5 Å². The van der Waals surface area contributed by atoms with Crippen molar-refractivity contribution in [3.8, 4) is 22.8 Å². The van der Waals surface area contributed by atoms with Crippen molar-refractivity contribution in [2.75, 3.05) is 56.7 Å². The highest BCUT2D eigenvalue weighted by atomic mass is 32.2. The summed E-state index contributed by atoms with van der Waals surface area (Å²) in [5.74, 6) is 0.485. The third-order valence-electron chi connectivity index (χ3n) is 9.03. The predicted octanol–water partition coefficient (Wildman–Crippen LogP) is 3.82. The Morgan fingerprint density at radius 2 is 1.83 bits per heavy atom. The van der Waals surface area contributed by atoms with Gasteiger partial charge in [0.15, 0.2) is 16.5 Å². The lowest BCUT2D eigenvalue weighted by molar-refractivity contribution is 0.00355. The fourth-order valence-electron chi connectivity index (χ4n) is 6.39. The van der Waals surface area contributed by atoms with Gasteiger partial charge in [0.1, 0.15) is 11.5 Å². The zero-order chi connectivity index (χ0) is 29.2. The van der Waals surface area contributed by atoms with Crippen LogP contribution in [0, 0.1) is 0 Å². The van der Waals surface area contributed by atoms with Crippen LogP contribution in [-0.2, 0) is 26.6 Å². The van der Waals surface area contributed by atoms with Crippen molar-refractivity contribution in [1.82, 2.24) is 10.1 Å². The molecule has 42 heavy (non-hydrogen) atoms. The van der Waals surface area contributed by atoms with Crippen molar-refractivity contribution in [3.05, 3.63) is 47.0 Å². The minimum absolute atomic E-state index is 0.00771. The molecule has 7 rings (SSSR count). The Labute approximate surface area is 244 Å². The van der Waals surface area contributed by atoms with Gasteiger partial charge < -0.3 is 28.5 Å². The van der Waals surface area contributed by atoms with Crippen molar-refractivity contribution in [2.45, 2.75) is 49.0 Å². The summed E-state index contributed by atoms with van der Waals surface area (Å²) < 4.78 is 52.8. The van der Waals surface area contributed by atoms with Crippen LogP contribution in [0.15, 0.2) is 39.8 Å². The maximum atomic E-state index is 13.9. The van der Waals surface area contributed by atoms with Gasteiger partial charge in [-0.15, -0.1) is 0 Å². The number of nitrogens with one attached hydrogen (secondary N) is 1. The van der Waals surface area contributed by atoms with Crippen LogP contribution in [0.25, 0.3) is 11.3 Å². The molecule has 1 amide bonds. The largest absolute Gasteiger partial charge is 0.495 e.